The summed E-state index contributed by atoms with van der Waals surface area (Å²) in [5.41, 5.74) is 1.78. The summed E-state index contributed by atoms with van der Waals surface area (Å²) < 4.78 is 6.96. The van der Waals surface area contributed by atoms with Crippen molar-refractivity contribution < 1.29 is 9.84 Å². The van der Waals surface area contributed by atoms with Crippen LogP contribution in [-0.4, -0.2) is 41.2 Å². The Kier molecular flexibility index (Phi) is 4.96. The minimum atomic E-state index is 0.0191. The molecule has 1 aromatic rings. The molecule has 0 amide bonds. The van der Waals surface area contributed by atoms with Gasteiger partial charge in [-0.2, -0.15) is 5.10 Å². The molecule has 0 spiro atoms. The molecule has 0 aliphatic heterocycles. The zero-order chi connectivity index (χ0) is 13.0. The van der Waals surface area contributed by atoms with Crippen molar-refractivity contribution in [2.75, 3.05) is 25.2 Å². The van der Waals surface area contributed by atoms with Crippen molar-refractivity contribution >= 4 is 5.82 Å². The molecule has 17 heavy (non-hydrogen) atoms. The number of hydrogen-bond donors (Lipinski definition) is 1. The largest absolute Gasteiger partial charge is 0.391 e. The first-order valence-electron chi connectivity index (χ1n) is 5.91. The molecule has 0 saturated heterocycles. The van der Waals surface area contributed by atoms with Gasteiger partial charge in [0.1, 0.15) is 5.82 Å². The molecule has 1 N–H and O–H groups in total. The lowest BCUT2D eigenvalue weighted by atomic mass is 10.2. The molecule has 5 nitrogen and oxygen atoms in total. The van der Waals surface area contributed by atoms with Gasteiger partial charge >= 0.3 is 0 Å². The van der Waals surface area contributed by atoms with Crippen molar-refractivity contribution in [3.63, 3.8) is 0 Å². The van der Waals surface area contributed by atoms with Crippen LogP contribution in [0.4, 0.5) is 5.82 Å². The Hall–Kier alpha value is -1.07. The number of anilines is 1. The van der Waals surface area contributed by atoms with Crippen LogP contribution in [-0.2, 0) is 18.4 Å². The third-order valence-corrected chi connectivity index (χ3v) is 2.90. The van der Waals surface area contributed by atoms with Crippen LogP contribution >= 0.6 is 0 Å². The van der Waals surface area contributed by atoms with Gasteiger partial charge in [0.15, 0.2) is 0 Å². The summed E-state index contributed by atoms with van der Waals surface area (Å²) in [6, 6.07) is 0.338. The van der Waals surface area contributed by atoms with Crippen molar-refractivity contribution in [1.29, 1.82) is 0 Å². The fourth-order valence-electron chi connectivity index (χ4n) is 2.03. The highest BCUT2D eigenvalue weighted by Gasteiger charge is 2.20. The Balaban J connectivity index is 3.08. The average molecular weight is 241 g/mol. The van der Waals surface area contributed by atoms with Crippen molar-refractivity contribution in [2.24, 2.45) is 7.05 Å². The van der Waals surface area contributed by atoms with Gasteiger partial charge < -0.3 is 14.7 Å². The number of rotatable bonds is 6. The van der Waals surface area contributed by atoms with E-state index in [9.17, 15) is 5.11 Å². The molecule has 0 atom stereocenters. The van der Waals surface area contributed by atoms with Crippen molar-refractivity contribution in [2.45, 2.75) is 33.4 Å². The highest BCUT2D eigenvalue weighted by molar-refractivity contribution is 5.50. The lowest BCUT2D eigenvalue weighted by Crippen LogP contribution is -2.36. The van der Waals surface area contributed by atoms with E-state index in [1.165, 1.54) is 0 Å². The maximum absolute atomic E-state index is 9.46. The first-order valence-corrected chi connectivity index (χ1v) is 5.91. The Labute approximate surface area is 103 Å². The molecule has 0 aliphatic carbocycles. The minimum Gasteiger partial charge on any atom is -0.391 e. The summed E-state index contributed by atoms with van der Waals surface area (Å²) in [4.78, 5) is 2.20. The van der Waals surface area contributed by atoms with Gasteiger partial charge in [-0.1, -0.05) is 0 Å². The molecule has 0 bridgehead atoms. The SMILES string of the molecule is COCCN(c1c(CO)c(C)nn1C)C(C)C. The van der Waals surface area contributed by atoms with E-state index in [-0.39, 0.29) is 6.61 Å². The predicted octanol–water partition coefficient (Wildman–Crippen LogP) is 1.08. The van der Waals surface area contributed by atoms with Crippen molar-refractivity contribution in [1.82, 2.24) is 9.78 Å². The van der Waals surface area contributed by atoms with Crippen molar-refractivity contribution in [3.05, 3.63) is 11.3 Å². The Bertz CT molecular complexity index is 361. The van der Waals surface area contributed by atoms with E-state index in [2.05, 4.69) is 23.8 Å². The van der Waals surface area contributed by atoms with Crippen LogP contribution in [0, 0.1) is 6.92 Å². The van der Waals surface area contributed by atoms with Gasteiger partial charge in [-0.05, 0) is 20.8 Å². The maximum atomic E-state index is 9.46. The van der Waals surface area contributed by atoms with Gasteiger partial charge in [0, 0.05) is 32.3 Å². The third kappa shape index (κ3) is 2.98. The fourth-order valence-corrected chi connectivity index (χ4v) is 2.03. The second-order valence-electron chi connectivity index (χ2n) is 4.45. The van der Waals surface area contributed by atoms with Crippen LogP contribution in [0.1, 0.15) is 25.1 Å². The molecule has 0 aromatic carbocycles. The maximum Gasteiger partial charge on any atom is 0.132 e. The Morgan fingerprint density at radius 3 is 2.59 bits per heavy atom. The minimum absolute atomic E-state index is 0.0191. The normalized spacial score (nSPS) is 11.2. The van der Waals surface area contributed by atoms with E-state index in [0.29, 0.717) is 12.6 Å². The topological polar surface area (TPSA) is 50.5 Å². The van der Waals surface area contributed by atoms with Crippen LogP contribution in [0.3, 0.4) is 0 Å². The lowest BCUT2D eigenvalue weighted by Gasteiger charge is -2.29. The van der Waals surface area contributed by atoms with Gasteiger partial charge in [0.25, 0.3) is 0 Å². The van der Waals surface area contributed by atoms with Crippen LogP contribution in [0.5, 0.6) is 0 Å². The average Bonchev–Trinajstić information content (AvgIpc) is 2.54. The zero-order valence-corrected chi connectivity index (χ0v) is 11.4. The van der Waals surface area contributed by atoms with Gasteiger partial charge in [-0.3, -0.25) is 4.68 Å². The van der Waals surface area contributed by atoms with Crippen LogP contribution in [0.2, 0.25) is 0 Å². The summed E-state index contributed by atoms with van der Waals surface area (Å²) in [6.07, 6.45) is 0. The highest BCUT2D eigenvalue weighted by atomic mass is 16.5. The second-order valence-corrected chi connectivity index (χ2v) is 4.45. The number of aryl methyl sites for hydroxylation is 2. The number of methoxy groups -OCH3 is 1. The molecule has 5 heteroatoms. The number of nitrogens with zero attached hydrogens (tertiary/aromatic N) is 3. The monoisotopic (exact) mass is 241 g/mol. The van der Waals surface area contributed by atoms with Gasteiger partial charge in [0.2, 0.25) is 0 Å². The van der Waals surface area contributed by atoms with Gasteiger partial charge in [0.05, 0.1) is 18.9 Å². The smallest absolute Gasteiger partial charge is 0.132 e. The quantitative estimate of drug-likeness (QED) is 0.810. The third-order valence-electron chi connectivity index (χ3n) is 2.90. The first kappa shape index (κ1) is 14.0. The number of aromatic nitrogens is 2. The molecule has 1 rings (SSSR count). The van der Waals surface area contributed by atoms with Crippen LogP contribution in [0.25, 0.3) is 0 Å². The summed E-state index contributed by atoms with van der Waals surface area (Å²) >= 11 is 0. The van der Waals surface area contributed by atoms with E-state index in [1.807, 2.05) is 18.7 Å². The van der Waals surface area contributed by atoms with Crippen molar-refractivity contribution in [3.8, 4) is 0 Å². The first-order chi connectivity index (χ1) is 8.02. The molecule has 0 fully saturated rings. The Morgan fingerprint density at radius 2 is 2.12 bits per heavy atom. The Morgan fingerprint density at radius 1 is 1.47 bits per heavy atom. The van der Waals surface area contributed by atoms with E-state index < -0.39 is 0 Å². The summed E-state index contributed by atoms with van der Waals surface area (Å²) in [7, 11) is 3.60. The van der Waals surface area contributed by atoms with Crippen LogP contribution in [0.15, 0.2) is 0 Å². The zero-order valence-electron chi connectivity index (χ0n) is 11.4. The molecule has 1 heterocycles. The molecule has 0 radical (unpaired) electrons. The summed E-state index contributed by atoms with van der Waals surface area (Å²) in [5.74, 6) is 0.983. The van der Waals surface area contributed by atoms with Crippen LogP contribution < -0.4 is 4.90 Å². The summed E-state index contributed by atoms with van der Waals surface area (Å²) in [6.45, 7) is 7.64. The molecule has 98 valence electrons. The van der Waals surface area contributed by atoms with E-state index in [4.69, 9.17) is 4.74 Å². The van der Waals surface area contributed by atoms with E-state index in [0.717, 1.165) is 23.6 Å². The molecular formula is C12H23N3O2. The standard InChI is InChI=1S/C12H23N3O2/c1-9(2)15(6-7-17-5)12-11(8-16)10(3)13-14(12)4/h9,16H,6-8H2,1-5H3. The number of aliphatic hydroxyl groups is 1. The van der Waals surface area contributed by atoms with E-state index >= 15 is 0 Å². The lowest BCUT2D eigenvalue weighted by molar-refractivity contribution is 0.203. The van der Waals surface area contributed by atoms with Gasteiger partial charge in [-0.25, -0.2) is 0 Å². The predicted molar refractivity (Wildman–Crippen MR) is 68.2 cm³/mol. The molecule has 0 saturated carbocycles. The molecule has 1 aromatic heterocycles. The number of hydrogen-bond acceptors (Lipinski definition) is 4. The fraction of sp³-hybridized carbons (Fsp3) is 0.750. The van der Waals surface area contributed by atoms with Gasteiger partial charge in [-0.15, -0.1) is 0 Å². The van der Waals surface area contributed by atoms with E-state index in [1.54, 1.807) is 7.11 Å². The second kappa shape index (κ2) is 6.02. The number of aliphatic hydroxyl groups excluding tert-OH is 1. The number of ether oxygens (including phenoxy) is 1. The molecular weight excluding hydrogens is 218 g/mol. The molecule has 0 aliphatic rings. The summed E-state index contributed by atoms with van der Waals surface area (Å²) in [5, 5.41) is 13.8. The molecule has 0 unspecified atom stereocenters. The highest BCUT2D eigenvalue weighted by Crippen LogP contribution is 2.24.